The molecule has 0 saturated heterocycles. The summed E-state index contributed by atoms with van der Waals surface area (Å²) < 4.78 is 6.55. The number of rotatable bonds is 12. The number of methoxy groups -OCH3 is 1. The second-order valence-electron chi connectivity index (χ2n) is 9.13. The van der Waals surface area contributed by atoms with E-state index in [1.165, 1.54) is 74.8 Å². The molecule has 0 aliphatic rings. The van der Waals surface area contributed by atoms with Crippen LogP contribution in [0.1, 0.15) is 85.6 Å². The number of nitrogens with zero attached hydrogens (tertiary/aromatic N) is 1. The molecule has 0 fully saturated rings. The number of benzene rings is 1. The van der Waals surface area contributed by atoms with Crippen molar-refractivity contribution in [3.8, 4) is 5.75 Å². The lowest BCUT2D eigenvalue weighted by atomic mass is 9.98. The van der Waals surface area contributed by atoms with Gasteiger partial charge in [-0.05, 0) is 64.3 Å². The molecule has 0 unspecified atom stereocenters. The van der Waals surface area contributed by atoms with Gasteiger partial charge in [-0.15, -0.1) is 0 Å². The average Bonchev–Trinajstić information content (AvgIpc) is 2.69. The van der Waals surface area contributed by atoms with Gasteiger partial charge >= 0.3 is 5.97 Å². The van der Waals surface area contributed by atoms with Crippen LogP contribution in [0.5, 0.6) is 5.75 Å². The molecule has 29 heavy (non-hydrogen) atoms. The van der Waals surface area contributed by atoms with Gasteiger partial charge in [-0.25, -0.2) is 0 Å². The molecule has 0 aliphatic carbocycles. The fourth-order valence-corrected chi connectivity index (χ4v) is 3.17. The van der Waals surface area contributed by atoms with Gasteiger partial charge in [-0.1, -0.05) is 40.0 Å². The van der Waals surface area contributed by atoms with Crippen molar-refractivity contribution in [2.24, 2.45) is 5.41 Å². The lowest BCUT2D eigenvalue weighted by Crippen LogP contribution is -2.49. The van der Waals surface area contributed by atoms with Crippen LogP contribution in [0.15, 0.2) is 24.3 Å². The van der Waals surface area contributed by atoms with E-state index in [0.717, 1.165) is 5.75 Å². The molecule has 0 radical (unpaired) electrons. The molecule has 168 valence electrons. The maximum atomic E-state index is 10.0. The number of hydrogen-bond donors (Lipinski definition) is 1. The van der Waals surface area contributed by atoms with Crippen molar-refractivity contribution in [2.75, 3.05) is 26.7 Å². The number of carbonyl (C=O) groups is 1. The highest BCUT2D eigenvalue weighted by Gasteiger charge is 2.26. The first-order chi connectivity index (χ1) is 13.6. The number of aliphatic carboxylic acids is 1. The van der Waals surface area contributed by atoms with Crippen molar-refractivity contribution in [2.45, 2.75) is 86.6 Å². The minimum absolute atomic E-state index is 0.583. The molecule has 1 rings (SSSR count). The summed E-state index contributed by atoms with van der Waals surface area (Å²) in [6.45, 7) is 17.0. The molecule has 0 spiro atoms. The standard InChI is InChI=1S/C20H36NO.C5H10O2/c1-5-8-15-21(16-9-6-2,17-10-7-3)18-19-11-13-20(22-4)14-12-19;1-5(2,3)4(6)7/h11-14H,5-10,15-18H2,1-4H3;1-3H3,(H,6,7)/q+1;. The SMILES string of the molecule is CC(C)(C)C(=O)O.CCCC[N+](CCCC)(CCCC)Cc1ccc(OC)cc1. The van der Waals surface area contributed by atoms with E-state index in [-0.39, 0.29) is 0 Å². The van der Waals surface area contributed by atoms with Gasteiger partial charge < -0.3 is 14.3 Å². The Morgan fingerprint density at radius 3 is 1.55 bits per heavy atom. The van der Waals surface area contributed by atoms with Gasteiger partial charge in [0.15, 0.2) is 0 Å². The molecule has 4 heteroatoms. The first-order valence-corrected chi connectivity index (χ1v) is 11.4. The molecule has 0 amide bonds. The lowest BCUT2D eigenvalue weighted by molar-refractivity contribution is -0.941. The summed E-state index contributed by atoms with van der Waals surface area (Å²) in [5, 5.41) is 8.25. The van der Waals surface area contributed by atoms with Crippen molar-refractivity contribution in [1.82, 2.24) is 0 Å². The highest BCUT2D eigenvalue weighted by atomic mass is 16.5. The third-order valence-corrected chi connectivity index (χ3v) is 5.28. The molecule has 0 saturated carbocycles. The average molecular weight is 409 g/mol. The first-order valence-electron chi connectivity index (χ1n) is 11.4. The predicted molar refractivity (Wildman–Crippen MR) is 123 cm³/mol. The zero-order valence-corrected chi connectivity index (χ0v) is 20.1. The summed E-state index contributed by atoms with van der Waals surface area (Å²) in [4.78, 5) is 10.0. The Morgan fingerprint density at radius 1 is 0.897 bits per heavy atom. The Morgan fingerprint density at radius 2 is 1.28 bits per heavy atom. The van der Waals surface area contributed by atoms with Crippen molar-refractivity contribution in [3.63, 3.8) is 0 Å². The van der Waals surface area contributed by atoms with Crippen LogP contribution < -0.4 is 4.74 Å². The van der Waals surface area contributed by atoms with E-state index in [0.29, 0.717) is 0 Å². The Bertz CT molecular complexity index is 524. The van der Waals surface area contributed by atoms with Crippen molar-refractivity contribution in [1.29, 1.82) is 0 Å². The Labute approximate surface area is 179 Å². The van der Waals surface area contributed by atoms with Gasteiger partial charge in [0.2, 0.25) is 0 Å². The molecule has 0 atom stereocenters. The predicted octanol–water partition coefficient (Wildman–Crippen LogP) is 6.53. The van der Waals surface area contributed by atoms with Gasteiger partial charge in [0, 0.05) is 5.56 Å². The molecule has 1 aromatic carbocycles. The third-order valence-electron chi connectivity index (χ3n) is 5.28. The first kappa shape index (κ1) is 27.5. The Hall–Kier alpha value is -1.55. The summed E-state index contributed by atoms with van der Waals surface area (Å²) >= 11 is 0. The van der Waals surface area contributed by atoms with E-state index in [4.69, 9.17) is 9.84 Å². The molecule has 0 heterocycles. The molecule has 0 bridgehead atoms. The lowest BCUT2D eigenvalue weighted by Gasteiger charge is -2.39. The summed E-state index contributed by atoms with van der Waals surface area (Å²) in [6, 6.07) is 8.69. The number of carboxylic acids is 1. The van der Waals surface area contributed by atoms with Crippen LogP contribution in [-0.2, 0) is 11.3 Å². The van der Waals surface area contributed by atoms with Gasteiger partial charge in [-0.3, -0.25) is 4.79 Å². The largest absolute Gasteiger partial charge is 0.497 e. The number of unbranched alkanes of at least 4 members (excludes halogenated alkanes) is 3. The fourth-order valence-electron chi connectivity index (χ4n) is 3.17. The maximum Gasteiger partial charge on any atom is 0.308 e. The normalized spacial score (nSPS) is 11.6. The van der Waals surface area contributed by atoms with Gasteiger partial charge in [0.25, 0.3) is 0 Å². The number of quaternary nitrogens is 1. The quantitative estimate of drug-likeness (QED) is 0.400. The van der Waals surface area contributed by atoms with Gasteiger partial charge in [0.1, 0.15) is 12.3 Å². The van der Waals surface area contributed by atoms with E-state index >= 15 is 0 Å². The monoisotopic (exact) mass is 408 g/mol. The summed E-state index contributed by atoms with van der Waals surface area (Å²) in [5.41, 5.74) is 0.865. The van der Waals surface area contributed by atoms with Crippen molar-refractivity contribution < 1.29 is 19.1 Å². The van der Waals surface area contributed by atoms with Gasteiger partial charge in [-0.2, -0.15) is 0 Å². The Balaban J connectivity index is 0.000000956. The maximum absolute atomic E-state index is 10.0. The molecule has 1 N–H and O–H groups in total. The second-order valence-corrected chi connectivity index (χ2v) is 9.13. The summed E-state index contributed by atoms with van der Waals surface area (Å²) in [5.74, 6) is 0.199. The van der Waals surface area contributed by atoms with Crippen LogP contribution in [0.3, 0.4) is 0 Å². The molecular weight excluding hydrogens is 362 g/mol. The fraction of sp³-hybridized carbons (Fsp3) is 0.720. The van der Waals surface area contributed by atoms with E-state index in [1.807, 2.05) is 0 Å². The van der Waals surface area contributed by atoms with E-state index in [1.54, 1.807) is 27.9 Å². The van der Waals surface area contributed by atoms with Crippen molar-refractivity contribution in [3.05, 3.63) is 29.8 Å². The highest BCUT2D eigenvalue weighted by Crippen LogP contribution is 2.21. The summed E-state index contributed by atoms with van der Waals surface area (Å²) in [6.07, 6.45) is 7.89. The molecular formula is C25H46NO3+. The van der Waals surface area contributed by atoms with Crippen LogP contribution in [0.25, 0.3) is 0 Å². The van der Waals surface area contributed by atoms with Crippen LogP contribution in [-0.4, -0.2) is 42.3 Å². The number of hydrogen-bond acceptors (Lipinski definition) is 2. The summed E-state index contributed by atoms with van der Waals surface area (Å²) in [7, 11) is 1.74. The smallest absolute Gasteiger partial charge is 0.308 e. The van der Waals surface area contributed by atoms with Gasteiger partial charge in [0.05, 0.1) is 32.2 Å². The highest BCUT2D eigenvalue weighted by molar-refractivity contribution is 5.72. The van der Waals surface area contributed by atoms with Crippen LogP contribution in [0, 0.1) is 5.41 Å². The number of ether oxygens (including phenoxy) is 1. The van der Waals surface area contributed by atoms with E-state index in [9.17, 15) is 4.79 Å². The minimum atomic E-state index is -0.757. The molecule has 4 nitrogen and oxygen atoms in total. The molecule has 1 aromatic rings. The Kier molecular flexibility index (Phi) is 13.7. The van der Waals surface area contributed by atoms with Crippen molar-refractivity contribution >= 4 is 5.97 Å². The third kappa shape index (κ3) is 11.9. The van der Waals surface area contributed by atoms with Crippen LogP contribution in [0.4, 0.5) is 0 Å². The van der Waals surface area contributed by atoms with E-state index in [2.05, 4.69) is 45.0 Å². The minimum Gasteiger partial charge on any atom is -0.497 e. The zero-order chi connectivity index (χ0) is 22.3. The van der Waals surface area contributed by atoms with E-state index < -0.39 is 11.4 Å². The van der Waals surface area contributed by atoms with Crippen LogP contribution >= 0.6 is 0 Å². The number of carboxylic acid groups (broad SMARTS) is 1. The molecule has 0 aromatic heterocycles. The topological polar surface area (TPSA) is 46.5 Å². The zero-order valence-electron chi connectivity index (χ0n) is 20.1. The molecule has 0 aliphatic heterocycles. The van der Waals surface area contributed by atoms with Crippen LogP contribution in [0.2, 0.25) is 0 Å². The second kappa shape index (κ2) is 14.4.